The molecule has 1 aromatic heterocycles. The number of hydrogen-bond acceptors (Lipinski definition) is 6. The Morgan fingerprint density at radius 3 is 2.10 bits per heavy atom. The molecular formula is C23H24N4O4. The molecule has 1 heterocycles. The van der Waals surface area contributed by atoms with Crippen molar-refractivity contribution in [2.24, 2.45) is 5.73 Å². The van der Waals surface area contributed by atoms with E-state index < -0.39 is 6.04 Å². The first kappa shape index (κ1) is 21.8. The molecule has 1 atom stereocenters. The quantitative estimate of drug-likeness (QED) is 0.516. The van der Waals surface area contributed by atoms with E-state index >= 15 is 0 Å². The van der Waals surface area contributed by atoms with E-state index in [1.165, 1.54) is 14.2 Å². The molecule has 3 aromatic rings. The lowest BCUT2D eigenvalue weighted by atomic mass is 10.0. The van der Waals surface area contributed by atoms with Gasteiger partial charge >= 0.3 is 0 Å². The minimum Gasteiger partial charge on any atom is -0.497 e. The monoisotopic (exact) mass is 420 g/mol. The molecule has 8 nitrogen and oxygen atoms in total. The predicted octanol–water partition coefficient (Wildman–Crippen LogP) is 2.78. The molecule has 31 heavy (non-hydrogen) atoms. The summed E-state index contributed by atoms with van der Waals surface area (Å²) in [5.74, 6) is 0.524. The molecule has 0 bridgehead atoms. The third-order valence-corrected chi connectivity index (χ3v) is 4.64. The van der Waals surface area contributed by atoms with Crippen molar-refractivity contribution in [1.29, 1.82) is 0 Å². The van der Waals surface area contributed by atoms with Crippen LogP contribution in [0.5, 0.6) is 11.5 Å². The summed E-state index contributed by atoms with van der Waals surface area (Å²) in [4.78, 5) is 28.7. The molecule has 160 valence electrons. The maximum absolute atomic E-state index is 12.5. The molecule has 0 saturated carbocycles. The summed E-state index contributed by atoms with van der Waals surface area (Å²) in [7, 11) is 3.04. The van der Waals surface area contributed by atoms with Crippen molar-refractivity contribution in [3.8, 4) is 11.5 Å². The van der Waals surface area contributed by atoms with Gasteiger partial charge in [-0.25, -0.2) is 0 Å². The average Bonchev–Trinajstić information content (AvgIpc) is 2.82. The van der Waals surface area contributed by atoms with Crippen LogP contribution >= 0.6 is 0 Å². The van der Waals surface area contributed by atoms with Crippen molar-refractivity contribution < 1.29 is 19.1 Å². The molecule has 3 rings (SSSR count). The van der Waals surface area contributed by atoms with Gasteiger partial charge in [0.25, 0.3) is 11.8 Å². The lowest BCUT2D eigenvalue weighted by Crippen LogP contribution is -2.32. The molecule has 0 radical (unpaired) electrons. The highest BCUT2D eigenvalue weighted by molar-refractivity contribution is 6.04. The van der Waals surface area contributed by atoms with Crippen molar-refractivity contribution in [3.63, 3.8) is 0 Å². The van der Waals surface area contributed by atoms with Crippen LogP contribution in [-0.2, 0) is 0 Å². The number of methoxy groups -OCH3 is 2. The number of nitrogens with two attached hydrogens (primary N) is 1. The lowest BCUT2D eigenvalue weighted by Gasteiger charge is -2.15. The van der Waals surface area contributed by atoms with Gasteiger partial charge in [-0.05, 0) is 42.0 Å². The van der Waals surface area contributed by atoms with Gasteiger partial charge in [0.1, 0.15) is 11.5 Å². The van der Waals surface area contributed by atoms with Crippen molar-refractivity contribution in [3.05, 3.63) is 83.7 Å². The van der Waals surface area contributed by atoms with E-state index in [2.05, 4.69) is 15.6 Å². The Morgan fingerprint density at radius 2 is 1.52 bits per heavy atom. The molecule has 2 aromatic carbocycles. The first-order valence-corrected chi connectivity index (χ1v) is 9.58. The van der Waals surface area contributed by atoms with Gasteiger partial charge < -0.3 is 25.8 Å². The second kappa shape index (κ2) is 10.2. The van der Waals surface area contributed by atoms with Gasteiger partial charge in [-0.2, -0.15) is 0 Å². The van der Waals surface area contributed by atoms with Crippen molar-refractivity contribution in [2.75, 3.05) is 26.1 Å². The number of ether oxygens (including phenoxy) is 2. The highest BCUT2D eigenvalue weighted by Gasteiger charge is 2.13. The number of rotatable bonds is 8. The van der Waals surface area contributed by atoms with Gasteiger partial charge in [0, 0.05) is 47.9 Å². The summed E-state index contributed by atoms with van der Waals surface area (Å²) in [5.41, 5.74) is 8.58. The molecule has 0 aliphatic rings. The van der Waals surface area contributed by atoms with Crippen LogP contribution in [-0.4, -0.2) is 37.6 Å². The van der Waals surface area contributed by atoms with E-state index in [0.29, 0.717) is 28.3 Å². The van der Waals surface area contributed by atoms with Gasteiger partial charge in [-0.1, -0.05) is 12.1 Å². The van der Waals surface area contributed by atoms with Crippen LogP contribution in [0.3, 0.4) is 0 Å². The number of nitrogens with one attached hydrogen (secondary N) is 2. The number of aromatic nitrogens is 1. The molecule has 0 spiro atoms. The molecule has 0 saturated heterocycles. The second-order valence-corrected chi connectivity index (χ2v) is 6.73. The summed E-state index contributed by atoms with van der Waals surface area (Å²) in [6, 6.07) is 14.9. The van der Waals surface area contributed by atoms with Gasteiger partial charge in [0.15, 0.2) is 0 Å². The van der Waals surface area contributed by atoms with Crippen LogP contribution < -0.4 is 25.8 Å². The number of carbonyl (C=O) groups is 2. The molecule has 2 amide bonds. The summed E-state index contributed by atoms with van der Waals surface area (Å²) in [6.45, 7) is 0.223. The summed E-state index contributed by atoms with van der Waals surface area (Å²) < 4.78 is 10.4. The molecule has 4 N–H and O–H groups in total. The lowest BCUT2D eigenvalue weighted by molar-refractivity contribution is 0.0949. The van der Waals surface area contributed by atoms with Crippen molar-refractivity contribution in [2.45, 2.75) is 6.04 Å². The number of carbonyl (C=O) groups excluding carboxylic acids is 2. The maximum Gasteiger partial charge on any atom is 0.255 e. The largest absolute Gasteiger partial charge is 0.497 e. The third kappa shape index (κ3) is 5.80. The highest BCUT2D eigenvalue weighted by Crippen LogP contribution is 2.22. The number of pyridine rings is 1. The normalized spacial score (nSPS) is 11.3. The Morgan fingerprint density at radius 1 is 0.903 bits per heavy atom. The van der Waals surface area contributed by atoms with Crippen LogP contribution in [0.4, 0.5) is 5.69 Å². The van der Waals surface area contributed by atoms with Crippen LogP contribution in [0.25, 0.3) is 0 Å². The minimum absolute atomic E-state index is 0.223. The number of amides is 2. The highest BCUT2D eigenvalue weighted by atomic mass is 16.5. The zero-order valence-corrected chi connectivity index (χ0v) is 17.3. The Kier molecular flexibility index (Phi) is 7.18. The van der Waals surface area contributed by atoms with Crippen molar-refractivity contribution in [1.82, 2.24) is 10.3 Å². The van der Waals surface area contributed by atoms with E-state index in [-0.39, 0.29) is 18.4 Å². The smallest absolute Gasteiger partial charge is 0.255 e. The van der Waals surface area contributed by atoms with E-state index in [1.807, 2.05) is 0 Å². The van der Waals surface area contributed by atoms with Crippen LogP contribution in [0.2, 0.25) is 0 Å². The molecule has 0 fully saturated rings. The average molecular weight is 420 g/mol. The Labute approximate surface area is 180 Å². The maximum atomic E-state index is 12.5. The summed E-state index contributed by atoms with van der Waals surface area (Å²) in [5, 5.41) is 5.61. The number of benzene rings is 2. The molecule has 0 aliphatic carbocycles. The van der Waals surface area contributed by atoms with Crippen molar-refractivity contribution >= 4 is 17.5 Å². The summed E-state index contributed by atoms with van der Waals surface area (Å²) in [6.07, 6.45) is 3.21. The SMILES string of the molecule is COc1cc(OC)cc(C(=O)NCC(N)c2ccc(C(=O)Nc3ccncc3)cc2)c1. The zero-order valence-electron chi connectivity index (χ0n) is 17.3. The van der Waals surface area contributed by atoms with E-state index in [1.54, 1.807) is 67.0 Å². The number of hydrogen-bond donors (Lipinski definition) is 3. The number of anilines is 1. The van der Waals surface area contributed by atoms with E-state index in [9.17, 15) is 9.59 Å². The third-order valence-electron chi connectivity index (χ3n) is 4.64. The standard InChI is InChI=1S/C23H24N4O4/c1-30-19-11-17(12-20(13-19)31-2)22(28)26-14-21(24)15-3-5-16(6-4-15)23(29)27-18-7-9-25-10-8-18/h3-13,21H,14,24H2,1-2H3,(H,26,28)(H,25,27,29). The Hall–Kier alpha value is -3.91. The van der Waals surface area contributed by atoms with Gasteiger partial charge in [-0.3, -0.25) is 14.6 Å². The topological polar surface area (TPSA) is 116 Å². The van der Waals surface area contributed by atoms with Crippen LogP contribution in [0, 0.1) is 0 Å². The van der Waals surface area contributed by atoms with Gasteiger partial charge in [0.05, 0.1) is 14.2 Å². The molecule has 0 aliphatic heterocycles. The first-order valence-electron chi connectivity index (χ1n) is 9.58. The number of nitrogens with zero attached hydrogens (tertiary/aromatic N) is 1. The summed E-state index contributed by atoms with van der Waals surface area (Å²) >= 11 is 0. The van der Waals surface area contributed by atoms with Gasteiger partial charge in [0.2, 0.25) is 0 Å². The fraction of sp³-hybridized carbons (Fsp3) is 0.174. The fourth-order valence-corrected chi connectivity index (χ4v) is 2.88. The van der Waals surface area contributed by atoms with E-state index in [4.69, 9.17) is 15.2 Å². The Balaban J connectivity index is 1.59. The molecule has 1 unspecified atom stereocenters. The predicted molar refractivity (Wildman–Crippen MR) is 117 cm³/mol. The fourth-order valence-electron chi connectivity index (χ4n) is 2.88. The Bertz CT molecular complexity index is 1020. The second-order valence-electron chi connectivity index (χ2n) is 6.73. The van der Waals surface area contributed by atoms with E-state index in [0.717, 1.165) is 5.56 Å². The molecule has 8 heteroatoms. The zero-order chi connectivity index (χ0) is 22.2. The first-order chi connectivity index (χ1) is 15.0. The minimum atomic E-state index is -0.436. The molecular weight excluding hydrogens is 396 g/mol. The van der Waals surface area contributed by atoms with Crippen LogP contribution in [0.15, 0.2) is 67.0 Å². The van der Waals surface area contributed by atoms with Gasteiger partial charge in [-0.15, -0.1) is 0 Å². The van der Waals surface area contributed by atoms with Crippen LogP contribution in [0.1, 0.15) is 32.3 Å².